The van der Waals surface area contributed by atoms with Crippen molar-refractivity contribution in [3.8, 4) is 0 Å². The first-order chi connectivity index (χ1) is 15.1. The Labute approximate surface area is 211 Å². The van der Waals surface area contributed by atoms with Crippen LogP contribution in [0, 0.1) is 5.92 Å². The van der Waals surface area contributed by atoms with Crippen molar-refractivity contribution in [2.45, 2.75) is 75.3 Å². The van der Waals surface area contributed by atoms with E-state index in [-0.39, 0.29) is 39.9 Å². The molecular weight excluding hydrogens is 506 g/mol. The van der Waals surface area contributed by atoms with Crippen LogP contribution in [0.25, 0.3) is 0 Å². The quantitative estimate of drug-likeness (QED) is 0.270. The number of carbonyl (C=O) groups excluding carboxylic acids is 1. The predicted molar refractivity (Wildman–Crippen MR) is 129 cm³/mol. The van der Waals surface area contributed by atoms with Gasteiger partial charge in [0.15, 0.2) is 0 Å². The van der Waals surface area contributed by atoms with E-state index in [1.807, 2.05) is 18.2 Å². The highest BCUT2D eigenvalue weighted by Gasteiger charge is 2.68. The number of hydrogen-bond acceptors (Lipinski definition) is 5. The SMILES string of the molecule is COC1C(OC(N)=O)CCC(O)(C[S+](C)Cc2ccccc2)C1C1(C)OC1CC=C(C)C.[Br-]. The second kappa shape index (κ2) is 11.6. The minimum absolute atomic E-state index is 0. The Hall–Kier alpha value is -1.06. The summed E-state index contributed by atoms with van der Waals surface area (Å²) < 4.78 is 17.5. The number of amides is 1. The molecule has 186 valence electrons. The van der Waals surface area contributed by atoms with Gasteiger partial charge in [0.05, 0.1) is 18.3 Å². The number of aliphatic hydroxyl groups is 1. The van der Waals surface area contributed by atoms with Gasteiger partial charge < -0.3 is 42.0 Å². The van der Waals surface area contributed by atoms with E-state index in [1.165, 1.54) is 11.1 Å². The first-order valence-corrected chi connectivity index (χ1v) is 13.2. The summed E-state index contributed by atoms with van der Waals surface area (Å²) in [5.41, 5.74) is 6.29. The van der Waals surface area contributed by atoms with Crippen LogP contribution in [-0.4, -0.2) is 59.8 Å². The molecule has 7 atom stereocenters. The van der Waals surface area contributed by atoms with Crippen molar-refractivity contribution < 1.29 is 41.1 Å². The zero-order chi connectivity index (χ0) is 23.5. The summed E-state index contributed by atoms with van der Waals surface area (Å²) in [7, 11) is 1.55. The number of ether oxygens (including phenoxy) is 3. The maximum Gasteiger partial charge on any atom is 0.404 e. The predicted octanol–water partition coefficient (Wildman–Crippen LogP) is 0.573. The van der Waals surface area contributed by atoms with E-state index >= 15 is 0 Å². The summed E-state index contributed by atoms with van der Waals surface area (Å²) in [5.74, 6) is 1.22. The Morgan fingerprint density at radius 3 is 2.58 bits per heavy atom. The minimum Gasteiger partial charge on any atom is -1.00 e. The van der Waals surface area contributed by atoms with Crippen molar-refractivity contribution in [2.24, 2.45) is 11.7 Å². The molecule has 1 heterocycles. The molecule has 1 amide bonds. The number of epoxide rings is 1. The van der Waals surface area contributed by atoms with Gasteiger partial charge in [-0.2, -0.15) is 0 Å². The number of methoxy groups -OCH3 is 1. The molecule has 0 radical (unpaired) electrons. The highest BCUT2D eigenvalue weighted by molar-refractivity contribution is 7.95. The van der Waals surface area contributed by atoms with Gasteiger partial charge in [-0.05, 0) is 50.9 Å². The molecular formula is C25H38BrNO5S. The lowest BCUT2D eigenvalue weighted by Gasteiger charge is -2.48. The molecule has 6 nitrogen and oxygen atoms in total. The van der Waals surface area contributed by atoms with Gasteiger partial charge in [0, 0.05) is 12.7 Å². The second-order valence-electron chi connectivity index (χ2n) is 9.66. The molecule has 1 aliphatic carbocycles. The highest BCUT2D eigenvalue weighted by Crippen LogP contribution is 2.55. The normalized spacial score (nSPS) is 34.0. The molecule has 1 saturated heterocycles. The molecule has 0 spiro atoms. The number of nitrogens with two attached hydrogens (primary N) is 1. The Kier molecular flexibility index (Phi) is 9.89. The topological polar surface area (TPSA) is 94.3 Å². The van der Waals surface area contributed by atoms with E-state index in [4.69, 9.17) is 19.9 Å². The van der Waals surface area contributed by atoms with Crippen LogP contribution in [0.5, 0.6) is 0 Å². The molecule has 3 N–H and O–H groups in total. The molecule has 2 aliphatic rings. The van der Waals surface area contributed by atoms with Gasteiger partial charge in [0.25, 0.3) is 0 Å². The smallest absolute Gasteiger partial charge is 0.404 e. The Morgan fingerprint density at radius 1 is 1.33 bits per heavy atom. The van der Waals surface area contributed by atoms with Gasteiger partial charge in [-0.15, -0.1) is 0 Å². The molecule has 3 rings (SSSR count). The lowest BCUT2D eigenvalue weighted by molar-refractivity contribution is -0.169. The van der Waals surface area contributed by atoms with Crippen LogP contribution in [0.4, 0.5) is 4.79 Å². The number of hydrogen-bond donors (Lipinski definition) is 2. The van der Waals surface area contributed by atoms with Gasteiger partial charge in [-0.3, -0.25) is 0 Å². The number of halogens is 1. The van der Waals surface area contributed by atoms with Crippen LogP contribution in [0.15, 0.2) is 42.0 Å². The van der Waals surface area contributed by atoms with Gasteiger partial charge >= 0.3 is 6.09 Å². The van der Waals surface area contributed by atoms with Gasteiger partial charge in [0.1, 0.15) is 34.9 Å². The largest absolute Gasteiger partial charge is 1.00 e. The molecule has 1 aliphatic heterocycles. The average molecular weight is 545 g/mol. The van der Waals surface area contributed by atoms with Crippen molar-refractivity contribution in [1.82, 2.24) is 0 Å². The maximum atomic E-state index is 12.1. The fourth-order valence-corrected chi connectivity index (χ4v) is 7.37. The molecule has 1 aromatic rings. The fraction of sp³-hybridized carbons (Fsp3) is 0.640. The third kappa shape index (κ3) is 6.75. The number of primary amides is 1. The second-order valence-corrected chi connectivity index (χ2v) is 11.8. The number of benzene rings is 1. The third-order valence-electron chi connectivity index (χ3n) is 6.76. The van der Waals surface area contributed by atoms with E-state index in [1.54, 1.807) is 7.11 Å². The van der Waals surface area contributed by atoms with E-state index in [9.17, 15) is 9.90 Å². The van der Waals surface area contributed by atoms with Gasteiger partial charge in [0.2, 0.25) is 0 Å². The number of carbonyl (C=O) groups is 1. The number of allylic oxidation sites excluding steroid dienone is 1. The Bertz CT molecular complexity index is 820. The summed E-state index contributed by atoms with van der Waals surface area (Å²) in [5, 5.41) is 12.1. The Balaban J connectivity index is 0.00000385. The molecule has 1 saturated carbocycles. The van der Waals surface area contributed by atoms with Crippen LogP contribution in [-0.2, 0) is 30.9 Å². The van der Waals surface area contributed by atoms with Crippen LogP contribution < -0.4 is 22.7 Å². The van der Waals surface area contributed by atoms with Crippen LogP contribution in [0.3, 0.4) is 0 Å². The van der Waals surface area contributed by atoms with Crippen LogP contribution >= 0.6 is 0 Å². The molecule has 0 bridgehead atoms. The lowest BCUT2D eigenvalue weighted by atomic mass is 9.66. The van der Waals surface area contributed by atoms with Crippen molar-refractivity contribution in [3.05, 3.63) is 47.5 Å². The van der Waals surface area contributed by atoms with E-state index < -0.39 is 29.5 Å². The standard InChI is InChI=1S/C25H37NO5S.BrH/c1-17(2)11-12-20-24(3,31-20)22-21(29-4)19(30-23(26)27)13-14-25(22,28)16-32(5)15-18-9-7-6-8-10-18;/h6-11,19-22,28H,12-16H2,1-5H3,(H-,26,27);1H. The summed E-state index contributed by atoms with van der Waals surface area (Å²) in [6.45, 7) is 6.19. The van der Waals surface area contributed by atoms with Gasteiger partial charge in [-0.1, -0.05) is 42.0 Å². The monoisotopic (exact) mass is 543 g/mol. The first-order valence-electron chi connectivity index (χ1n) is 11.2. The van der Waals surface area contributed by atoms with Crippen LogP contribution in [0.2, 0.25) is 0 Å². The van der Waals surface area contributed by atoms with Gasteiger partial charge in [-0.25, -0.2) is 4.79 Å². The third-order valence-corrected chi connectivity index (χ3v) is 8.58. The lowest BCUT2D eigenvalue weighted by Crippen LogP contribution is -3.00. The van der Waals surface area contributed by atoms with E-state index in [2.05, 4.69) is 45.2 Å². The minimum atomic E-state index is -0.987. The molecule has 7 unspecified atom stereocenters. The summed E-state index contributed by atoms with van der Waals surface area (Å²) in [6.07, 6.45) is 4.35. The van der Waals surface area contributed by atoms with Crippen molar-refractivity contribution in [2.75, 3.05) is 19.1 Å². The van der Waals surface area contributed by atoms with Crippen LogP contribution in [0.1, 0.15) is 45.6 Å². The number of rotatable bonds is 9. The molecule has 2 fully saturated rings. The average Bonchev–Trinajstić information content (AvgIpc) is 3.38. The summed E-state index contributed by atoms with van der Waals surface area (Å²) in [4.78, 5) is 11.5. The molecule has 33 heavy (non-hydrogen) atoms. The summed E-state index contributed by atoms with van der Waals surface area (Å²) >= 11 is 0. The highest BCUT2D eigenvalue weighted by atomic mass is 79.9. The zero-order valence-electron chi connectivity index (χ0n) is 20.3. The van der Waals surface area contributed by atoms with E-state index in [0.29, 0.717) is 18.6 Å². The first kappa shape index (κ1) is 28.2. The van der Waals surface area contributed by atoms with Crippen molar-refractivity contribution in [1.29, 1.82) is 0 Å². The molecule has 1 aromatic carbocycles. The molecule has 8 heteroatoms. The van der Waals surface area contributed by atoms with Crippen molar-refractivity contribution in [3.63, 3.8) is 0 Å². The Morgan fingerprint density at radius 2 is 2.00 bits per heavy atom. The maximum absolute atomic E-state index is 12.1. The van der Waals surface area contributed by atoms with Crippen molar-refractivity contribution >= 4 is 17.0 Å². The summed E-state index contributed by atoms with van der Waals surface area (Å²) in [6, 6.07) is 10.4. The molecule has 0 aromatic heterocycles. The zero-order valence-corrected chi connectivity index (χ0v) is 22.7. The van der Waals surface area contributed by atoms with E-state index in [0.717, 1.165) is 12.2 Å². The fourth-order valence-electron chi connectivity index (χ4n) is 5.32.